The largest absolute Gasteiger partial charge is 0.467 e. The van der Waals surface area contributed by atoms with E-state index in [0.717, 1.165) is 0 Å². The van der Waals surface area contributed by atoms with Gasteiger partial charge in [-0.1, -0.05) is 18.2 Å². The summed E-state index contributed by atoms with van der Waals surface area (Å²) < 4.78 is 4.62. The van der Waals surface area contributed by atoms with Gasteiger partial charge in [0.2, 0.25) is 5.91 Å². The van der Waals surface area contributed by atoms with Crippen LogP contribution in [0.2, 0.25) is 0 Å². The van der Waals surface area contributed by atoms with E-state index in [1.54, 1.807) is 24.3 Å². The van der Waals surface area contributed by atoms with Crippen molar-refractivity contribution in [1.29, 1.82) is 0 Å². The zero-order valence-corrected chi connectivity index (χ0v) is 9.58. The molecule has 1 aliphatic rings. The molecule has 0 bridgehead atoms. The number of esters is 1. The fourth-order valence-electron chi connectivity index (χ4n) is 2.14. The van der Waals surface area contributed by atoms with Crippen LogP contribution in [0.15, 0.2) is 24.3 Å². The number of fused-ring (bicyclic) bond motifs is 1. The van der Waals surface area contributed by atoms with Crippen LogP contribution in [0.4, 0.5) is 5.69 Å². The van der Waals surface area contributed by atoms with Crippen LogP contribution < -0.4 is 4.90 Å². The van der Waals surface area contributed by atoms with Crippen LogP contribution in [0, 0.1) is 0 Å². The molecule has 1 N–H and O–H groups in total. The molecule has 0 aliphatic carbocycles. The summed E-state index contributed by atoms with van der Waals surface area (Å²) in [6.07, 6.45) is -1.04. The average Bonchev–Trinajstić information content (AvgIpc) is 2.62. The van der Waals surface area contributed by atoms with Gasteiger partial charge in [-0.15, -0.1) is 0 Å². The summed E-state index contributed by atoms with van der Waals surface area (Å²) in [5.41, 5.74) is 1.13. The number of aliphatic hydroxyl groups excluding tert-OH is 1. The number of carbonyl (C=O) groups excluding carboxylic acids is 2. The molecule has 1 aliphatic heterocycles. The Bertz CT molecular complexity index is 471. The summed E-state index contributed by atoms with van der Waals surface area (Å²) in [4.78, 5) is 24.5. The van der Waals surface area contributed by atoms with Gasteiger partial charge in [0.1, 0.15) is 6.10 Å². The van der Waals surface area contributed by atoms with Crippen LogP contribution in [0.25, 0.3) is 0 Å². The Kier molecular flexibility index (Phi) is 2.85. The van der Waals surface area contributed by atoms with Gasteiger partial charge < -0.3 is 9.84 Å². The third kappa shape index (κ3) is 1.68. The number of nitrogens with zero attached hydrogens (tertiary/aromatic N) is 1. The highest BCUT2D eigenvalue weighted by Gasteiger charge is 2.44. The zero-order valence-electron chi connectivity index (χ0n) is 9.58. The molecule has 2 rings (SSSR count). The molecule has 1 aromatic carbocycles. The van der Waals surface area contributed by atoms with Crippen molar-refractivity contribution in [3.05, 3.63) is 29.8 Å². The summed E-state index contributed by atoms with van der Waals surface area (Å²) in [7, 11) is 1.23. The van der Waals surface area contributed by atoms with E-state index in [0.29, 0.717) is 11.3 Å². The van der Waals surface area contributed by atoms with Crippen LogP contribution in [-0.2, 0) is 14.3 Å². The molecular formula is C12H13NO4. The van der Waals surface area contributed by atoms with Crippen LogP contribution in [0.1, 0.15) is 18.6 Å². The first kappa shape index (κ1) is 11.6. The molecule has 0 spiro atoms. The van der Waals surface area contributed by atoms with Crippen molar-refractivity contribution < 1.29 is 19.4 Å². The number of benzene rings is 1. The van der Waals surface area contributed by atoms with Crippen molar-refractivity contribution in [3.8, 4) is 0 Å². The number of hydrogen-bond acceptors (Lipinski definition) is 4. The average molecular weight is 235 g/mol. The topological polar surface area (TPSA) is 66.8 Å². The number of carbonyl (C=O) groups is 2. The summed E-state index contributed by atoms with van der Waals surface area (Å²) in [5, 5.41) is 10.1. The zero-order chi connectivity index (χ0) is 12.6. The number of aliphatic hydroxyl groups is 1. The second-order valence-electron chi connectivity index (χ2n) is 3.86. The van der Waals surface area contributed by atoms with Gasteiger partial charge >= 0.3 is 5.97 Å². The van der Waals surface area contributed by atoms with Crippen molar-refractivity contribution in [3.63, 3.8) is 0 Å². The lowest BCUT2D eigenvalue weighted by molar-refractivity contribution is -0.146. The molecule has 2 atom stereocenters. The molecule has 17 heavy (non-hydrogen) atoms. The Balaban J connectivity index is 2.51. The van der Waals surface area contributed by atoms with Crippen LogP contribution in [0.3, 0.4) is 0 Å². The molecular weight excluding hydrogens is 222 g/mol. The van der Waals surface area contributed by atoms with Crippen molar-refractivity contribution >= 4 is 17.6 Å². The van der Waals surface area contributed by atoms with E-state index >= 15 is 0 Å². The number of anilines is 1. The smallest absolute Gasteiger partial charge is 0.332 e. The van der Waals surface area contributed by atoms with Crippen molar-refractivity contribution in [2.75, 3.05) is 12.0 Å². The third-order valence-electron chi connectivity index (χ3n) is 2.87. The monoisotopic (exact) mass is 235 g/mol. The predicted molar refractivity (Wildman–Crippen MR) is 60.4 cm³/mol. The molecule has 0 fully saturated rings. The standard InChI is InChI=1S/C12H13NO4/c1-7(14)13-9-6-4-3-5-8(9)11(15)10(13)12(16)17-2/h3-6,10-11,15H,1-2H3/t10-,11-/m1/s1. The quantitative estimate of drug-likeness (QED) is 0.725. The highest BCUT2D eigenvalue weighted by molar-refractivity contribution is 6.01. The summed E-state index contributed by atoms with van der Waals surface area (Å²) >= 11 is 0. The predicted octanol–water partition coefficient (Wildman–Crippen LogP) is 0.628. The fourth-order valence-corrected chi connectivity index (χ4v) is 2.14. The van der Waals surface area contributed by atoms with Gasteiger partial charge in [0, 0.05) is 12.5 Å². The van der Waals surface area contributed by atoms with Crippen LogP contribution >= 0.6 is 0 Å². The molecule has 0 unspecified atom stereocenters. The Labute approximate surface area is 98.6 Å². The first-order chi connectivity index (χ1) is 8.07. The second kappa shape index (κ2) is 4.18. The maximum atomic E-state index is 11.6. The van der Waals surface area contributed by atoms with E-state index < -0.39 is 18.1 Å². The summed E-state index contributed by atoms with van der Waals surface area (Å²) in [6, 6.07) is 5.90. The number of amides is 1. The summed E-state index contributed by atoms with van der Waals surface area (Å²) in [6.45, 7) is 1.35. The molecule has 0 radical (unpaired) electrons. The minimum atomic E-state index is -1.04. The first-order valence-electron chi connectivity index (χ1n) is 5.22. The van der Waals surface area contributed by atoms with E-state index in [1.165, 1.54) is 18.9 Å². The lowest BCUT2D eigenvalue weighted by atomic mass is 10.1. The lowest BCUT2D eigenvalue weighted by Gasteiger charge is -2.23. The third-order valence-corrected chi connectivity index (χ3v) is 2.87. The molecule has 0 saturated heterocycles. The van der Waals surface area contributed by atoms with Gasteiger partial charge in [0.25, 0.3) is 0 Å². The van der Waals surface area contributed by atoms with Crippen LogP contribution in [-0.4, -0.2) is 30.1 Å². The maximum absolute atomic E-state index is 11.6. The Morgan fingerprint density at radius 2 is 2.00 bits per heavy atom. The van der Waals surface area contributed by atoms with E-state index in [1.807, 2.05) is 0 Å². The van der Waals surface area contributed by atoms with Gasteiger partial charge in [-0.05, 0) is 6.07 Å². The van der Waals surface area contributed by atoms with E-state index in [2.05, 4.69) is 4.74 Å². The summed E-state index contributed by atoms with van der Waals surface area (Å²) in [5.74, 6) is -0.923. The lowest BCUT2D eigenvalue weighted by Crippen LogP contribution is -2.44. The minimum absolute atomic E-state index is 0.301. The highest BCUT2D eigenvalue weighted by Crippen LogP contribution is 2.39. The first-order valence-corrected chi connectivity index (χ1v) is 5.22. The maximum Gasteiger partial charge on any atom is 0.332 e. The Hall–Kier alpha value is -1.88. The molecule has 0 aromatic heterocycles. The molecule has 5 nitrogen and oxygen atoms in total. The number of methoxy groups -OCH3 is 1. The molecule has 90 valence electrons. The van der Waals surface area contributed by atoms with Crippen molar-refractivity contribution in [2.24, 2.45) is 0 Å². The SMILES string of the molecule is COC(=O)[C@H]1[C@H](O)c2ccccc2N1C(C)=O. The van der Waals surface area contributed by atoms with Gasteiger partial charge in [-0.25, -0.2) is 4.79 Å². The van der Waals surface area contributed by atoms with Crippen molar-refractivity contribution in [2.45, 2.75) is 19.1 Å². The van der Waals surface area contributed by atoms with E-state index in [9.17, 15) is 14.7 Å². The molecule has 1 heterocycles. The number of rotatable bonds is 1. The highest BCUT2D eigenvalue weighted by atomic mass is 16.5. The number of para-hydroxylation sites is 1. The van der Waals surface area contributed by atoms with Gasteiger partial charge in [0.05, 0.1) is 12.8 Å². The molecule has 5 heteroatoms. The van der Waals surface area contributed by atoms with E-state index in [-0.39, 0.29) is 5.91 Å². The van der Waals surface area contributed by atoms with E-state index in [4.69, 9.17) is 0 Å². The minimum Gasteiger partial charge on any atom is -0.467 e. The van der Waals surface area contributed by atoms with Crippen LogP contribution in [0.5, 0.6) is 0 Å². The fraction of sp³-hybridized carbons (Fsp3) is 0.333. The Morgan fingerprint density at radius 3 is 2.59 bits per heavy atom. The molecule has 1 amide bonds. The number of hydrogen-bond donors (Lipinski definition) is 1. The second-order valence-corrected chi connectivity index (χ2v) is 3.86. The normalized spacial score (nSPS) is 22.2. The Morgan fingerprint density at radius 1 is 1.35 bits per heavy atom. The van der Waals surface area contributed by atoms with Gasteiger partial charge in [0.15, 0.2) is 6.04 Å². The molecule has 1 aromatic rings. The number of ether oxygens (including phenoxy) is 1. The van der Waals surface area contributed by atoms with Crippen molar-refractivity contribution in [1.82, 2.24) is 0 Å². The van der Waals surface area contributed by atoms with Gasteiger partial charge in [-0.2, -0.15) is 0 Å². The molecule has 0 saturated carbocycles. The van der Waals surface area contributed by atoms with Gasteiger partial charge in [-0.3, -0.25) is 9.69 Å².